The summed E-state index contributed by atoms with van der Waals surface area (Å²) in [5.41, 5.74) is 0.966. The van der Waals surface area contributed by atoms with Gasteiger partial charge in [-0.2, -0.15) is 0 Å². The van der Waals surface area contributed by atoms with Gasteiger partial charge in [-0.3, -0.25) is 4.68 Å². The van der Waals surface area contributed by atoms with Crippen LogP contribution in [0.4, 0.5) is 0 Å². The number of hydrogen-bond donors (Lipinski definition) is 1. The molecule has 5 heteroatoms. The molecule has 5 nitrogen and oxygen atoms in total. The van der Waals surface area contributed by atoms with E-state index in [9.17, 15) is 0 Å². The van der Waals surface area contributed by atoms with Crippen LogP contribution >= 0.6 is 0 Å². The molecule has 0 aromatic carbocycles. The fourth-order valence-corrected chi connectivity index (χ4v) is 1.61. The third-order valence-electron chi connectivity index (χ3n) is 2.72. The monoisotopic (exact) mass is 226 g/mol. The Bertz CT molecular complexity index is 283. The molecule has 1 aromatic heterocycles. The second-order valence-corrected chi connectivity index (χ2v) is 3.83. The summed E-state index contributed by atoms with van der Waals surface area (Å²) < 4.78 is 1.88. The van der Waals surface area contributed by atoms with Gasteiger partial charge in [0.05, 0.1) is 12.2 Å². The number of likely N-dealkylation sites (N-methyl/N-ethyl adjacent to an activating group) is 1. The molecule has 0 saturated carbocycles. The zero-order valence-electron chi connectivity index (χ0n) is 10.3. The van der Waals surface area contributed by atoms with Gasteiger partial charge in [0.25, 0.3) is 0 Å². The van der Waals surface area contributed by atoms with Gasteiger partial charge in [-0.25, -0.2) is 0 Å². The van der Waals surface area contributed by atoms with Crippen LogP contribution in [0.5, 0.6) is 0 Å². The molecule has 92 valence electrons. The SMILES string of the molecule is CCN(CC)CCn1cc(CCCO)nn1. The van der Waals surface area contributed by atoms with E-state index in [0.29, 0.717) is 0 Å². The van der Waals surface area contributed by atoms with E-state index in [2.05, 4.69) is 29.1 Å². The highest BCUT2D eigenvalue weighted by atomic mass is 16.2. The molecule has 1 heterocycles. The number of aliphatic hydroxyl groups is 1. The summed E-state index contributed by atoms with van der Waals surface area (Å²) in [6.07, 6.45) is 3.54. The number of aryl methyl sites for hydroxylation is 1. The number of aromatic nitrogens is 3. The summed E-state index contributed by atoms with van der Waals surface area (Å²) in [7, 11) is 0. The van der Waals surface area contributed by atoms with Crippen LogP contribution in [0, 0.1) is 0 Å². The van der Waals surface area contributed by atoms with Crippen LogP contribution in [0.3, 0.4) is 0 Å². The average Bonchev–Trinajstić information content (AvgIpc) is 2.76. The van der Waals surface area contributed by atoms with Crippen molar-refractivity contribution in [2.45, 2.75) is 33.2 Å². The Labute approximate surface area is 97.1 Å². The lowest BCUT2D eigenvalue weighted by Crippen LogP contribution is -2.27. The minimum Gasteiger partial charge on any atom is -0.396 e. The molecular formula is C11H22N4O. The molecular weight excluding hydrogens is 204 g/mol. The van der Waals surface area contributed by atoms with Crippen LogP contribution < -0.4 is 0 Å². The molecule has 0 aliphatic heterocycles. The Morgan fingerprint density at radius 1 is 1.38 bits per heavy atom. The maximum Gasteiger partial charge on any atom is 0.0828 e. The second kappa shape index (κ2) is 7.35. The third kappa shape index (κ3) is 4.28. The predicted molar refractivity (Wildman–Crippen MR) is 63.2 cm³/mol. The van der Waals surface area contributed by atoms with Crippen LogP contribution in [0.15, 0.2) is 6.20 Å². The first-order valence-electron chi connectivity index (χ1n) is 6.02. The van der Waals surface area contributed by atoms with E-state index in [0.717, 1.165) is 44.7 Å². The third-order valence-corrected chi connectivity index (χ3v) is 2.72. The van der Waals surface area contributed by atoms with Crippen molar-refractivity contribution in [2.24, 2.45) is 0 Å². The van der Waals surface area contributed by atoms with Gasteiger partial charge in [0, 0.05) is 19.3 Å². The van der Waals surface area contributed by atoms with E-state index in [1.807, 2.05) is 10.9 Å². The number of rotatable bonds is 8. The predicted octanol–water partition coefficient (Wildman–Crippen LogP) is 0.545. The molecule has 0 radical (unpaired) electrons. The van der Waals surface area contributed by atoms with Gasteiger partial charge in [0.1, 0.15) is 0 Å². The van der Waals surface area contributed by atoms with E-state index in [-0.39, 0.29) is 6.61 Å². The van der Waals surface area contributed by atoms with Crippen molar-refractivity contribution in [1.82, 2.24) is 19.9 Å². The minimum atomic E-state index is 0.215. The number of nitrogens with zero attached hydrogens (tertiary/aromatic N) is 4. The molecule has 1 rings (SSSR count). The highest BCUT2D eigenvalue weighted by Gasteiger charge is 2.02. The Hall–Kier alpha value is -0.940. The largest absolute Gasteiger partial charge is 0.396 e. The van der Waals surface area contributed by atoms with Crippen LogP contribution in [0.2, 0.25) is 0 Å². The molecule has 0 fully saturated rings. The van der Waals surface area contributed by atoms with Crippen molar-refractivity contribution >= 4 is 0 Å². The van der Waals surface area contributed by atoms with E-state index >= 15 is 0 Å². The summed E-state index contributed by atoms with van der Waals surface area (Å²) in [4.78, 5) is 2.36. The van der Waals surface area contributed by atoms with Crippen molar-refractivity contribution in [1.29, 1.82) is 0 Å². The Balaban J connectivity index is 2.33. The summed E-state index contributed by atoms with van der Waals surface area (Å²) in [5.74, 6) is 0. The van der Waals surface area contributed by atoms with Gasteiger partial charge in [-0.1, -0.05) is 19.1 Å². The summed E-state index contributed by atoms with van der Waals surface area (Å²) in [5, 5.41) is 16.8. The van der Waals surface area contributed by atoms with Crippen molar-refractivity contribution in [3.8, 4) is 0 Å². The molecule has 0 atom stereocenters. The Kier molecular flexibility index (Phi) is 6.03. The number of hydrogen-bond acceptors (Lipinski definition) is 4. The Morgan fingerprint density at radius 3 is 2.75 bits per heavy atom. The summed E-state index contributed by atoms with van der Waals surface area (Å²) in [6, 6.07) is 0. The van der Waals surface area contributed by atoms with Crippen molar-refractivity contribution in [3.05, 3.63) is 11.9 Å². The molecule has 0 amide bonds. The highest BCUT2D eigenvalue weighted by molar-refractivity contribution is 4.92. The van der Waals surface area contributed by atoms with E-state index in [4.69, 9.17) is 5.11 Å². The second-order valence-electron chi connectivity index (χ2n) is 3.83. The standard InChI is InChI=1S/C11H22N4O/c1-3-14(4-2)7-8-15-10-11(12-13-15)6-5-9-16/h10,16H,3-9H2,1-2H3. The van der Waals surface area contributed by atoms with Crippen LogP contribution in [0.25, 0.3) is 0 Å². The molecule has 1 aromatic rings. The molecule has 16 heavy (non-hydrogen) atoms. The van der Waals surface area contributed by atoms with Gasteiger partial charge >= 0.3 is 0 Å². The lowest BCUT2D eigenvalue weighted by Gasteiger charge is -2.17. The normalized spacial score (nSPS) is 11.2. The lowest BCUT2D eigenvalue weighted by molar-refractivity contribution is 0.284. The first kappa shape index (κ1) is 13.1. The first-order chi connectivity index (χ1) is 7.80. The van der Waals surface area contributed by atoms with Gasteiger partial charge in [0.2, 0.25) is 0 Å². The highest BCUT2D eigenvalue weighted by Crippen LogP contribution is 1.98. The topological polar surface area (TPSA) is 54.2 Å². The smallest absolute Gasteiger partial charge is 0.0828 e. The summed E-state index contributed by atoms with van der Waals surface area (Å²) >= 11 is 0. The van der Waals surface area contributed by atoms with Gasteiger partial charge in [0.15, 0.2) is 0 Å². The maximum absolute atomic E-state index is 8.71. The van der Waals surface area contributed by atoms with Crippen LogP contribution in [0.1, 0.15) is 26.0 Å². The Morgan fingerprint density at radius 2 is 2.12 bits per heavy atom. The average molecular weight is 226 g/mol. The van der Waals surface area contributed by atoms with E-state index in [1.54, 1.807) is 0 Å². The molecule has 0 bridgehead atoms. The van der Waals surface area contributed by atoms with E-state index < -0.39 is 0 Å². The quantitative estimate of drug-likeness (QED) is 0.703. The van der Waals surface area contributed by atoms with E-state index in [1.165, 1.54) is 0 Å². The van der Waals surface area contributed by atoms with Gasteiger partial charge in [-0.15, -0.1) is 5.10 Å². The van der Waals surface area contributed by atoms with Crippen molar-refractivity contribution in [3.63, 3.8) is 0 Å². The molecule has 1 N–H and O–H groups in total. The lowest BCUT2D eigenvalue weighted by atomic mass is 10.3. The van der Waals surface area contributed by atoms with Crippen LogP contribution in [-0.4, -0.2) is 51.2 Å². The fraction of sp³-hybridized carbons (Fsp3) is 0.818. The minimum absolute atomic E-state index is 0.215. The molecule has 0 saturated heterocycles. The molecule has 0 aliphatic carbocycles. The zero-order chi connectivity index (χ0) is 11.8. The number of aliphatic hydroxyl groups excluding tert-OH is 1. The van der Waals surface area contributed by atoms with Gasteiger partial charge < -0.3 is 10.0 Å². The van der Waals surface area contributed by atoms with Crippen LogP contribution in [-0.2, 0) is 13.0 Å². The summed E-state index contributed by atoms with van der Waals surface area (Å²) in [6.45, 7) is 8.58. The van der Waals surface area contributed by atoms with Gasteiger partial charge in [-0.05, 0) is 25.9 Å². The fourth-order valence-electron chi connectivity index (χ4n) is 1.61. The van der Waals surface area contributed by atoms with Crippen molar-refractivity contribution in [2.75, 3.05) is 26.2 Å². The first-order valence-corrected chi connectivity index (χ1v) is 6.02. The zero-order valence-corrected chi connectivity index (χ0v) is 10.3. The molecule has 0 spiro atoms. The maximum atomic E-state index is 8.71. The molecule has 0 unspecified atom stereocenters. The van der Waals surface area contributed by atoms with Crippen molar-refractivity contribution < 1.29 is 5.11 Å². The molecule has 0 aliphatic rings.